The summed E-state index contributed by atoms with van der Waals surface area (Å²) in [6.07, 6.45) is 2.65. The summed E-state index contributed by atoms with van der Waals surface area (Å²) in [4.78, 5) is 16.4. The highest BCUT2D eigenvalue weighted by Crippen LogP contribution is 2.19. The van der Waals surface area contributed by atoms with Gasteiger partial charge in [0.2, 0.25) is 0 Å². The normalized spacial score (nSPS) is 12.4. The van der Waals surface area contributed by atoms with Gasteiger partial charge in [-0.25, -0.2) is 0 Å². The number of Topliss-reactive ketones (excluding diaryl/α,β-unsaturated/α-hetero) is 1. The third-order valence-corrected chi connectivity index (χ3v) is 3.72. The van der Waals surface area contributed by atoms with Crippen LogP contribution in [0, 0.1) is 13.8 Å². The number of ketones is 1. The van der Waals surface area contributed by atoms with Crippen molar-refractivity contribution in [3.8, 4) is 0 Å². The van der Waals surface area contributed by atoms with Crippen LogP contribution in [0.1, 0.15) is 34.4 Å². The van der Waals surface area contributed by atoms with E-state index in [-0.39, 0.29) is 5.78 Å². The van der Waals surface area contributed by atoms with Crippen LogP contribution in [0.3, 0.4) is 0 Å². The van der Waals surface area contributed by atoms with Crippen LogP contribution in [0.25, 0.3) is 0 Å². The van der Waals surface area contributed by atoms with Gasteiger partial charge in [0.15, 0.2) is 5.78 Å². The number of nitrogens with zero attached hydrogens (tertiary/aromatic N) is 2. The van der Waals surface area contributed by atoms with Crippen molar-refractivity contribution in [1.82, 2.24) is 9.55 Å². The Bertz CT molecular complexity index is 602. The molecule has 0 radical (unpaired) electrons. The van der Waals surface area contributed by atoms with Gasteiger partial charge in [-0.1, -0.05) is 6.07 Å². The van der Waals surface area contributed by atoms with Crippen LogP contribution < -0.4 is 0 Å². The summed E-state index contributed by atoms with van der Waals surface area (Å²) in [7, 11) is 0. The molecule has 0 aliphatic rings. The molecule has 0 fully saturated rings. The predicted molar refractivity (Wildman–Crippen MR) is 81.5 cm³/mol. The fourth-order valence-corrected chi connectivity index (χ4v) is 2.50. The molecule has 2 heterocycles. The third kappa shape index (κ3) is 3.10. The average molecular weight is 291 g/mol. The zero-order valence-corrected chi connectivity index (χ0v) is 12.8. The van der Waals surface area contributed by atoms with E-state index in [0.29, 0.717) is 0 Å². The van der Waals surface area contributed by atoms with Gasteiger partial charge in [-0.15, -0.1) is 11.6 Å². The average Bonchev–Trinajstić information content (AvgIpc) is 2.72. The van der Waals surface area contributed by atoms with Gasteiger partial charge < -0.3 is 4.57 Å². The number of halogens is 1. The molecule has 2 aromatic heterocycles. The number of hydrogen-bond acceptors (Lipinski definition) is 2. The first kappa shape index (κ1) is 14.8. The number of carbonyl (C=O) groups is 1. The van der Waals surface area contributed by atoms with Crippen molar-refractivity contribution in [2.75, 3.05) is 0 Å². The molecule has 0 N–H and O–H groups in total. The largest absolute Gasteiger partial charge is 0.348 e. The molecule has 3 nitrogen and oxygen atoms in total. The van der Waals surface area contributed by atoms with Crippen LogP contribution in [0.2, 0.25) is 0 Å². The zero-order valence-electron chi connectivity index (χ0n) is 12.1. The maximum Gasteiger partial charge on any atom is 0.182 e. The Kier molecular flexibility index (Phi) is 4.61. The fraction of sp³-hybridized carbons (Fsp3) is 0.375. The van der Waals surface area contributed by atoms with E-state index in [9.17, 15) is 4.79 Å². The topological polar surface area (TPSA) is 34.9 Å². The molecule has 0 aliphatic carbocycles. The maximum atomic E-state index is 12.0. The van der Waals surface area contributed by atoms with Crippen LogP contribution in [0.5, 0.6) is 0 Å². The first-order chi connectivity index (χ1) is 9.50. The number of carbonyl (C=O) groups excluding carboxylic acids is 1. The van der Waals surface area contributed by atoms with Crippen LogP contribution in [-0.2, 0) is 13.0 Å². The quantitative estimate of drug-likeness (QED) is 0.623. The van der Waals surface area contributed by atoms with Gasteiger partial charge >= 0.3 is 0 Å². The van der Waals surface area contributed by atoms with Crippen molar-refractivity contribution in [3.63, 3.8) is 0 Å². The molecule has 106 valence electrons. The van der Waals surface area contributed by atoms with E-state index in [1.54, 1.807) is 13.1 Å². The van der Waals surface area contributed by atoms with Crippen molar-refractivity contribution in [2.24, 2.45) is 0 Å². The highest BCUT2D eigenvalue weighted by atomic mass is 35.5. The van der Waals surface area contributed by atoms with Gasteiger partial charge in [-0.3, -0.25) is 9.78 Å². The Morgan fingerprint density at radius 2 is 2.15 bits per heavy atom. The highest BCUT2D eigenvalue weighted by molar-refractivity contribution is 6.33. The first-order valence-corrected chi connectivity index (χ1v) is 7.19. The monoisotopic (exact) mass is 290 g/mol. The van der Waals surface area contributed by atoms with Gasteiger partial charge in [0, 0.05) is 41.8 Å². The second-order valence-corrected chi connectivity index (χ2v) is 5.64. The molecule has 2 aromatic rings. The maximum absolute atomic E-state index is 12.0. The van der Waals surface area contributed by atoms with Gasteiger partial charge in [0.25, 0.3) is 0 Å². The summed E-state index contributed by atoms with van der Waals surface area (Å²) in [5, 5.41) is -0.486. The molecule has 0 saturated heterocycles. The molecule has 0 bridgehead atoms. The summed E-state index contributed by atoms with van der Waals surface area (Å²) in [5.41, 5.74) is 3.85. The Hall–Kier alpha value is -1.61. The SMILES string of the molecule is Cc1cc(C(=O)C(C)Cl)c(C)n1CCc1ccccn1. The lowest BCUT2D eigenvalue weighted by molar-refractivity contribution is 0.0991. The molecule has 4 heteroatoms. The second-order valence-electron chi connectivity index (χ2n) is 4.99. The third-order valence-electron chi connectivity index (χ3n) is 3.52. The van der Waals surface area contributed by atoms with Crippen molar-refractivity contribution in [1.29, 1.82) is 0 Å². The number of alkyl halides is 1. The lowest BCUT2D eigenvalue weighted by Gasteiger charge is -2.09. The van der Waals surface area contributed by atoms with Gasteiger partial charge in [-0.05, 0) is 39.0 Å². The van der Waals surface area contributed by atoms with Crippen molar-refractivity contribution >= 4 is 17.4 Å². The molecule has 0 aliphatic heterocycles. The first-order valence-electron chi connectivity index (χ1n) is 6.75. The molecule has 2 rings (SSSR count). The lowest BCUT2D eigenvalue weighted by Crippen LogP contribution is -2.12. The number of hydrogen-bond donors (Lipinski definition) is 0. The van der Waals surface area contributed by atoms with E-state index in [0.717, 1.165) is 35.6 Å². The number of aromatic nitrogens is 2. The van der Waals surface area contributed by atoms with E-state index in [4.69, 9.17) is 11.6 Å². The van der Waals surface area contributed by atoms with Crippen molar-refractivity contribution in [3.05, 3.63) is 53.1 Å². The van der Waals surface area contributed by atoms with Crippen molar-refractivity contribution in [2.45, 2.75) is 39.1 Å². The van der Waals surface area contributed by atoms with Crippen LogP contribution in [0.15, 0.2) is 30.5 Å². The minimum Gasteiger partial charge on any atom is -0.348 e. The Morgan fingerprint density at radius 3 is 2.75 bits per heavy atom. The highest BCUT2D eigenvalue weighted by Gasteiger charge is 2.19. The molecular formula is C16H19ClN2O. The number of aryl methyl sites for hydroxylation is 2. The summed E-state index contributed by atoms with van der Waals surface area (Å²) in [6, 6.07) is 7.84. The minimum absolute atomic E-state index is 0.0103. The summed E-state index contributed by atoms with van der Waals surface area (Å²) < 4.78 is 2.15. The van der Waals surface area contributed by atoms with E-state index < -0.39 is 5.38 Å². The summed E-state index contributed by atoms with van der Waals surface area (Å²) in [5.74, 6) is -0.0103. The molecule has 20 heavy (non-hydrogen) atoms. The molecule has 1 unspecified atom stereocenters. The standard InChI is InChI=1S/C16H19ClN2O/c1-11-10-15(16(20)12(2)17)13(3)19(11)9-7-14-6-4-5-8-18-14/h4-6,8,10,12H,7,9H2,1-3H3. The van der Waals surface area contributed by atoms with E-state index in [1.807, 2.05) is 38.1 Å². The van der Waals surface area contributed by atoms with Gasteiger partial charge in [0.05, 0.1) is 5.38 Å². The van der Waals surface area contributed by atoms with E-state index in [2.05, 4.69) is 9.55 Å². The van der Waals surface area contributed by atoms with Crippen LogP contribution in [0.4, 0.5) is 0 Å². The molecule has 0 amide bonds. The van der Waals surface area contributed by atoms with Gasteiger partial charge in [0.1, 0.15) is 0 Å². The Labute approximate surface area is 124 Å². The van der Waals surface area contributed by atoms with Crippen LogP contribution >= 0.6 is 11.6 Å². The van der Waals surface area contributed by atoms with E-state index >= 15 is 0 Å². The fourth-order valence-electron chi connectivity index (χ4n) is 2.38. The molecule has 0 spiro atoms. The van der Waals surface area contributed by atoms with Gasteiger partial charge in [-0.2, -0.15) is 0 Å². The molecular weight excluding hydrogens is 272 g/mol. The summed E-state index contributed by atoms with van der Waals surface area (Å²) in [6.45, 7) is 6.52. The molecule has 0 aromatic carbocycles. The Morgan fingerprint density at radius 1 is 1.40 bits per heavy atom. The minimum atomic E-state index is -0.486. The zero-order chi connectivity index (χ0) is 14.7. The number of pyridine rings is 1. The summed E-state index contributed by atoms with van der Waals surface area (Å²) >= 11 is 5.90. The predicted octanol–water partition coefficient (Wildman–Crippen LogP) is 3.55. The van der Waals surface area contributed by atoms with E-state index in [1.165, 1.54) is 0 Å². The molecule has 1 atom stereocenters. The van der Waals surface area contributed by atoms with Crippen molar-refractivity contribution < 1.29 is 4.79 Å². The Balaban J connectivity index is 2.19. The molecule has 0 saturated carbocycles. The second kappa shape index (κ2) is 6.23. The van der Waals surface area contributed by atoms with Crippen LogP contribution in [-0.4, -0.2) is 20.7 Å². The lowest BCUT2D eigenvalue weighted by atomic mass is 10.1. The smallest absolute Gasteiger partial charge is 0.182 e. The number of rotatable bonds is 5.